The van der Waals surface area contributed by atoms with Gasteiger partial charge in [0, 0.05) is 28.7 Å². The Kier molecular flexibility index (Phi) is 8.00. The summed E-state index contributed by atoms with van der Waals surface area (Å²) in [6.07, 6.45) is 0.904. The average Bonchev–Trinajstić information content (AvgIpc) is 2.67. The van der Waals surface area contributed by atoms with Crippen molar-refractivity contribution in [3.8, 4) is 0 Å². The van der Waals surface area contributed by atoms with Crippen LogP contribution < -0.4 is 10.6 Å². The summed E-state index contributed by atoms with van der Waals surface area (Å²) in [4.78, 5) is 35.7. The van der Waals surface area contributed by atoms with Crippen molar-refractivity contribution in [2.75, 3.05) is 18.5 Å². The molecule has 7 heteroatoms. The van der Waals surface area contributed by atoms with Gasteiger partial charge in [-0.05, 0) is 55.0 Å². The molecule has 142 valence electrons. The molecule has 0 unspecified atom stereocenters. The highest BCUT2D eigenvalue weighted by Crippen LogP contribution is 2.12. The van der Waals surface area contributed by atoms with Gasteiger partial charge in [0.15, 0.2) is 0 Å². The molecule has 0 spiro atoms. The third-order valence-corrected chi connectivity index (χ3v) is 4.11. The number of esters is 1. The number of rotatable bonds is 8. The predicted octanol–water partition coefficient (Wildman–Crippen LogP) is 3.77. The van der Waals surface area contributed by atoms with E-state index in [1.165, 1.54) is 0 Å². The Morgan fingerprint density at radius 2 is 1.59 bits per heavy atom. The van der Waals surface area contributed by atoms with E-state index < -0.39 is 0 Å². The van der Waals surface area contributed by atoms with E-state index in [-0.39, 0.29) is 30.7 Å². The normalized spacial score (nSPS) is 10.1. The topological polar surface area (TPSA) is 84.5 Å². The number of carbonyl (C=O) groups excluding carboxylic acids is 3. The highest BCUT2D eigenvalue weighted by atomic mass is 79.9. The smallest absolute Gasteiger partial charge is 0.338 e. The standard InChI is InChI=1S/C20H21BrN2O4/c1-2-13-27-20(26)15-5-9-17(10-6-15)23-18(24)11-12-22-19(25)14-3-7-16(21)8-4-14/h3-10H,2,11-13H2,1H3,(H,22,25)(H,23,24). The van der Waals surface area contributed by atoms with Crippen LogP contribution in [0.25, 0.3) is 0 Å². The number of hydrogen-bond donors (Lipinski definition) is 2. The van der Waals surface area contributed by atoms with Gasteiger partial charge in [-0.3, -0.25) is 9.59 Å². The molecule has 2 aromatic rings. The molecule has 0 fully saturated rings. The minimum atomic E-state index is -0.384. The Balaban J connectivity index is 1.76. The highest BCUT2D eigenvalue weighted by molar-refractivity contribution is 9.10. The molecule has 0 aliphatic heterocycles. The minimum Gasteiger partial charge on any atom is -0.462 e. The van der Waals surface area contributed by atoms with Crippen LogP contribution in [0.2, 0.25) is 0 Å². The zero-order valence-corrected chi connectivity index (χ0v) is 16.5. The maximum atomic E-state index is 12.0. The first-order valence-corrected chi connectivity index (χ1v) is 9.39. The maximum absolute atomic E-state index is 12.0. The molecule has 0 saturated heterocycles. The Labute approximate surface area is 166 Å². The number of hydrogen-bond acceptors (Lipinski definition) is 4. The molecule has 0 atom stereocenters. The van der Waals surface area contributed by atoms with Crippen LogP contribution in [-0.2, 0) is 9.53 Å². The Morgan fingerprint density at radius 3 is 2.22 bits per heavy atom. The largest absolute Gasteiger partial charge is 0.462 e. The predicted molar refractivity (Wildman–Crippen MR) is 107 cm³/mol. The maximum Gasteiger partial charge on any atom is 0.338 e. The highest BCUT2D eigenvalue weighted by Gasteiger charge is 2.09. The van der Waals surface area contributed by atoms with Gasteiger partial charge in [0.05, 0.1) is 12.2 Å². The molecular formula is C20H21BrN2O4. The zero-order valence-electron chi connectivity index (χ0n) is 15.0. The summed E-state index contributed by atoms with van der Waals surface area (Å²) in [7, 11) is 0. The fraction of sp³-hybridized carbons (Fsp3) is 0.250. The fourth-order valence-corrected chi connectivity index (χ4v) is 2.45. The van der Waals surface area contributed by atoms with Crippen LogP contribution in [0.3, 0.4) is 0 Å². The van der Waals surface area contributed by atoms with Gasteiger partial charge in [-0.15, -0.1) is 0 Å². The lowest BCUT2D eigenvalue weighted by atomic mass is 10.2. The lowest BCUT2D eigenvalue weighted by Gasteiger charge is -2.08. The van der Waals surface area contributed by atoms with Gasteiger partial charge in [-0.25, -0.2) is 4.79 Å². The van der Waals surface area contributed by atoms with Gasteiger partial charge < -0.3 is 15.4 Å². The van der Waals surface area contributed by atoms with Crippen molar-refractivity contribution in [3.63, 3.8) is 0 Å². The Bertz CT molecular complexity index is 789. The van der Waals surface area contributed by atoms with Gasteiger partial charge in [0.25, 0.3) is 5.91 Å². The molecule has 0 saturated carbocycles. The quantitative estimate of drug-likeness (QED) is 0.621. The van der Waals surface area contributed by atoms with Crippen molar-refractivity contribution in [2.45, 2.75) is 19.8 Å². The van der Waals surface area contributed by atoms with Crippen LogP contribution in [0.1, 0.15) is 40.5 Å². The molecular weight excluding hydrogens is 412 g/mol. The summed E-state index contributed by atoms with van der Waals surface area (Å²) in [6, 6.07) is 13.4. The number of ether oxygens (including phenoxy) is 1. The van der Waals surface area contributed by atoms with Crippen LogP contribution in [0.15, 0.2) is 53.0 Å². The lowest BCUT2D eigenvalue weighted by Crippen LogP contribution is -2.27. The lowest BCUT2D eigenvalue weighted by molar-refractivity contribution is -0.116. The van der Waals surface area contributed by atoms with Crippen LogP contribution in [0.5, 0.6) is 0 Å². The van der Waals surface area contributed by atoms with Crippen molar-refractivity contribution in [1.29, 1.82) is 0 Å². The van der Waals surface area contributed by atoms with E-state index in [1.807, 2.05) is 6.92 Å². The monoisotopic (exact) mass is 432 g/mol. The fourth-order valence-electron chi connectivity index (χ4n) is 2.18. The molecule has 2 N–H and O–H groups in total. The molecule has 0 aliphatic rings. The number of halogens is 1. The molecule has 2 aromatic carbocycles. The Morgan fingerprint density at radius 1 is 0.963 bits per heavy atom. The summed E-state index contributed by atoms with van der Waals surface area (Å²) in [5.41, 5.74) is 1.54. The van der Waals surface area contributed by atoms with E-state index in [0.29, 0.717) is 23.4 Å². The van der Waals surface area contributed by atoms with Crippen molar-refractivity contribution in [2.24, 2.45) is 0 Å². The van der Waals surface area contributed by atoms with E-state index in [0.717, 1.165) is 10.9 Å². The van der Waals surface area contributed by atoms with E-state index in [9.17, 15) is 14.4 Å². The summed E-state index contributed by atoms with van der Waals surface area (Å²) in [5.74, 6) is -0.844. The van der Waals surface area contributed by atoms with Crippen molar-refractivity contribution in [1.82, 2.24) is 5.32 Å². The molecule has 6 nitrogen and oxygen atoms in total. The SMILES string of the molecule is CCCOC(=O)c1ccc(NC(=O)CCNC(=O)c2ccc(Br)cc2)cc1. The van der Waals surface area contributed by atoms with Crippen molar-refractivity contribution < 1.29 is 19.1 Å². The second kappa shape index (κ2) is 10.5. The molecule has 2 amide bonds. The average molecular weight is 433 g/mol. The molecule has 0 aromatic heterocycles. The first-order chi connectivity index (χ1) is 13.0. The molecule has 27 heavy (non-hydrogen) atoms. The third kappa shape index (κ3) is 6.86. The second-order valence-electron chi connectivity index (χ2n) is 5.77. The van der Waals surface area contributed by atoms with Gasteiger partial charge in [0.2, 0.25) is 5.91 Å². The molecule has 0 radical (unpaired) electrons. The number of amides is 2. The molecule has 0 aliphatic carbocycles. The van der Waals surface area contributed by atoms with Crippen LogP contribution >= 0.6 is 15.9 Å². The van der Waals surface area contributed by atoms with Crippen LogP contribution in [0, 0.1) is 0 Å². The van der Waals surface area contributed by atoms with Gasteiger partial charge in [0.1, 0.15) is 0 Å². The van der Waals surface area contributed by atoms with Crippen LogP contribution in [0.4, 0.5) is 5.69 Å². The van der Waals surface area contributed by atoms with E-state index in [2.05, 4.69) is 26.6 Å². The van der Waals surface area contributed by atoms with E-state index in [4.69, 9.17) is 4.74 Å². The van der Waals surface area contributed by atoms with Crippen molar-refractivity contribution in [3.05, 3.63) is 64.1 Å². The molecule has 0 heterocycles. The summed E-state index contributed by atoms with van der Waals surface area (Å²) < 4.78 is 5.94. The summed E-state index contributed by atoms with van der Waals surface area (Å²) in [5, 5.41) is 5.43. The van der Waals surface area contributed by atoms with E-state index in [1.54, 1.807) is 48.5 Å². The zero-order chi connectivity index (χ0) is 19.6. The molecule has 0 bridgehead atoms. The first-order valence-electron chi connectivity index (χ1n) is 8.60. The van der Waals surface area contributed by atoms with Gasteiger partial charge in [-0.1, -0.05) is 22.9 Å². The minimum absolute atomic E-state index is 0.141. The van der Waals surface area contributed by atoms with Gasteiger partial charge in [-0.2, -0.15) is 0 Å². The van der Waals surface area contributed by atoms with Crippen molar-refractivity contribution >= 4 is 39.4 Å². The number of carbonyl (C=O) groups is 3. The third-order valence-electron chi connectivity index (χ3n) is 3.59. The number of benzene rings is 2. The molecule has 2 rings (SSSR count). The number of nitrogens with one attached hydrogen (secondary N) is 2. The second-order valence-corrected chi connectivity index (χ2v) is 6.69. The first kappa shape index (κ1) is 20.6. The van der Waals surface area contributed by atoms with E-state index >= 15 is 0 Å². The van der Waals surface area contributed by atoms with Crippen LogP contribution in [-0.4, -0.2) is 30.9 Å². The summed E-state index contributed by atoms with van der Waals surface area (Å²) in [6.45, 7) is 2.53. The van der Waals surface area contributed by atoms with Gasteiger partial charge >= 0.3 is 5.97 Å². The number of anilines is 1. The summed E-state index contributed by atoms with van der Waals surface area (Å²) >= 11 is 3.31. The Hall–Kier alpha value is -2.67.